The van der Waals surface area contributed by atoms with Crippen LogP contribution in [0, 0.1) is 0 Å². The Hall–Kier alpha value is -2.53. The van der Waals surface area contributed by atoms with Crippen molar-refractivity contribution in [2.24, 2.45) is 0 Å². The van der Waals surface area contributed by atoms with E-state index in [0.717, 1.165) is 5.56 Å². The fraction of sp³-hybridized carbons (Fsp3) is 0.278. The summed E-state index contributed by atoms with van der Waals surface area (Å²) in [4.78, 5) is 12.6. The van der Waals surface area contributed by atoms with Crippen LogP contribution in [0.15, 0.2) is 36.4 Å². The number of amides is 1. The molecule has 1 fully saturated rings. The first-order valence-corrected chi connectivity index (χ1v) is 7.80. The molecule has 4 aliphatic rings. The van der Waals surface area contributed by atoms with Crippen LogP contribution in [0.25, 0.3) is 0 Å². The molecule has 2 unspecified atom stereocenters. The van der Waals surface area contributed by atoms with Crippen LogP contribution in [-0.4, -0.2) is 18.7 Å². The van der Waals surface area contributed by atoms with Crippen molar-refractivity contribution < 1.29 is 19.0 Å². The quantitative estimate of drug-likeness (QED) is 0.812. The van der Waals surface area contributed by atoms with Crippen molar-refractivity contribution in [3.8, 4) is 11.5 Å². The summed E-state index contributed by atoms with van der Waals surface area (Å²) in [5.41, 5.74) is 4.11. The van der Waals surface area contributed by atoms with E-state index in [-0.39, 0.29) is 36.9 Å². The molecule has 4 heterocycles. The number of carbonyl (C=O) groups excluding carboxylic acids is 1. The maximum absolute atomic E-state index is 12.6. The van der Waals surface area contributed by atoms with Crippen molar-refractivity contribution in [3.05, 3.63) is 58.7 Å². The smallest absolute Gasteiger partial charge is 0.252 e. The second kappa shape index (κ2) is 3.86. The van der Waals surface area contributed by atoms with Crippen molar-refractivity contribution in [3.63, 3.8) is 0 Å². The zero-order chi connectivity index (χ0) is 15.1. The van der Waals surface area contributed by atoms with E-state index >= 15 is 0 Å². The normalized spacial score (nSPS) is 31.4. The summed E-state index contributed by atoms with van der Waals surface area (Å²) in [6.45, 7) is 0.208. The van der Waals surface area contributed by atoms with Gasteiger partial charge in [-0.1, -0.05) is 24.3 Å². The molecule has 23 heavy (non-hydrogen) atoms. The summed E-state index contributed by atoms with van der Waals surface area (Å²) in [5, 5.41) is 3.14. The van der Waals surface area contributed by atoms with E-state index in [1.807, 2.05) is 18.2 Å². The van der Waals surface area contributed by atoms with Crippen LogP contribution in [0.3, 0.4) is 0 Å². The number of ether oxygens (including phenoxy) is 3. The average molecular weight is 307 g/mol. The Balaban J connectivity index is 1.57. The Labute approximate surface area is 132 Å². The van der Waals surface area contributed by atoms with Gasteiger partial charge in [-0.25, -0.2) is 0 Å². The van der Waals surface area contributed by atoms with Crippen LogP contribution in [0.1, 0.15) is 45.2 Å². The van der Waals surface area contributed by atoms with E-state index in [0.29, 0.717) is 17.1 Å². The minimum Gasteiger partial charge on any atom is -0.454 e. The minimum absolute atomic E-state index is 0.0130. The zero-order valence-corrected chi connectivity index (χ0v) is 12.1. The third-order valence-corrected chi connectivity index (χ3v) is 5.39. The van der Waals surface area contributed by atoms with Crippen molar-refractivity contribution in [1.29, 1.82) is 0 Å². The lowest BCUT2D eigenvalue weighted by Gasteiger charge is -2.35. The molecule has 114 valence electrons. The molecule has 1 amide bonds. The molecule has 6 rings (SSSR count). The van der Waals surface area contributed by atoms with Gasteiger partial charge in [-0.15, -0.1) is 0 Å². The molecular formula is C18H13NO4. The third-order valence-electron chi connectivity index (χ3n) is 5.39. The lowest BCUT2D eigenvalue weighted by molar-refractivity contribution is 0.0611. The highest BCUT2D eigenvalue weighted by atomic mass is 16.7. The molecule has 1 N–H and O–H groups in total. The van der Waals surface area contributed by atoms with Crippen LogP contribution in [0.2, 0.25) is 0 Å². The fourth-order valence-corrected chi connectivity index (χ4v) is 4.45. The van der Waals surface area contributed by atoms with Crippen LogP contribution >= 0.6 is 0 Å². The SMILES string of the molecule is O=C1NC2C(c3cc4c(cc31)OCO4)[C@@H]1O[C@H]2c2ccccc21. The summed E-state index contributed by atoms with van der Waals surface area (Å²) in [6, 6.07) is 12.0. The summed E-state index contributed by atoms with van der Waals surface area (Å²) < 4.78 is 17.1. The lowest BCUT2D eigenvalue weighted by atomic mass is 9.73. The van der Waals surface area contributed by atoms with Crippen LogP contribution in [-0.2, 0) is 4.74 Å². The molecule has 5 nitrogen and oxygen atoms in total. The van der Waals surface area contributed by atoms with Crippen molar-refractivity contribution in [2.75, 3.05) is 6.79 Å². The summed E-state index contributed by atoms with van der Waals surface area (Å²) >= 11 is 0. The van der Waals surface area contributed by atoms with E-state index < -0.39 is 0 Å². The van der Waals surface area contributed by atoms with Gasteiger partial charge in [-0.3, -0.25) is 4.79 Å². The molecule has 0 aromatic heterocycles. The molecule has 4 atom stereocenters. The van der Waals surface area contributed by atoms with Crippen molar-refractivity contribution >= 4 is 5.91 Å². The van der Waals surface area contributed by atoms with E-state index in [2.05, 4.69) is 17.4 Å². The third kappa shape index (κ3) is 1.34. The topological polar surface area (TPSA) is 56.8 Å². The molecule has 5 heteroatoms. The molecule has 0 saturated carbocycles. The predicted molar refractivity (Wildman–Crippen MR) is 79.6 cm³/mol. The summed E-state index contributed by atoms with van der Waals surface area (Å²) in [7, 11) is 0. The minimum atomic E-state index is -0.0660. The first-order valence-electron chi connectivity index (χ1n) is 7.80. The molecule has 2 aromatic rings. The second-order valence-corrected chi connectivity index (χ2v) is 6.42. The predicted octanol–water partition coefficient (Wildman–Crippen LogP) is 2.44. The van der Waals surface area contributed by atoms with Gasteiger partial charge in [0.2, 0.25) is 6.79 Å². The molecule has 4 aliphatic heterocycles. The molecule has 1 saturated heterocycles. The number of hydrogen-bond donors (Lipinski definition) is 1. The Kier molecular flexibility index (Phi) is 2.01. The highest BCUT2D eigenvalue weighted by Gasteiger charge is 2.56. The van der Waals surface area contributed by atoms with Gasteiger partial charge in [-0.05, 0) is 28.8 Å². The number of hydrogen-bond acceptors (Lipinski definition) is 4. The van der Waals surface area contributed by atoms with Crippen LogP contribution in [0.5, 0.6) is 11.5 Å². The number of rotatable bonds is 0. The monoisotopic (exact) mass is 307 g/mol. The first kappa shape index (κ1) is 12.0. The van der Waals surface area contributed by atoms with E-state index in [1.165, 1.54) is 11.1 Å². The van der Waals surface area contributed by atoms with Gasteiger partial charge in [0, 0.05) is 11.5 Å². The molecular weight excluding hydrogens is 294 g/mol. The van der Waals surface area contributed by atoms with E-state index in [9.17, 15) is 4.79 Å². The largest absolute Gasteiger partial charge is 0.454 e. The Bertz CT molecular complexity index is 877. The molecule has 0 spiro atoms. The van der Waals surface area contributed by atoms with E-state index in [1.54, 1.807) is 6.07 Å². The number of nitrogens with one attached hydrogen (secondary N) is 1. The fourth-order valence-electron chi connectivity index (χ4n) is 4.45. The standard InChI is InChI=1S/C18H13NO4/c20-18-11-6-13-12(21-7-22-13)5-10(11)14-15(19-18)17-9-4-2-1-3-8(9)16(14)23-17/h1-6,14-17H,7H2,(H,19,20)/t14?,15?,16-,17+/m1/s1. The molecule has 2 bridgehead atoms. The highest BCUT2D eigenvalue weighted by molar-refractivity contribution is 5.98. The number of carbonyl (C=O) groups is 1. The molecule has 0 radical (unpaired) electrons. The Morgan fingerprint density at radius 1 is 0.957 bits per heavy atom. The van der Waals surface area contributed by atoms with Crippen molar-refractivity contribution in [1.82, 2.24) is 5.32 Å². The maximum Gasteiger partial charge on any atom is 0.252 e. The van der Waals surface area contributed by atoms with Crippen LogP contribution < -0.4 is 14.8 Å². The molecule has 2 aromatic carbocycles. The van der Waals surface area contributed by atoms with Gasteiger partial charge in [0.1, 0.15) is 6.10 Å². The zero-order valence-electron chi connectivity index (χ0n) is 12.1. The average Bonchev–Trinajstić information content (AvgIpc) is 3.26. The maximum atomic E-state index is 12.6. The highest BCUT2D eigenvalue weighted by Crippen LogP contribution is 2.59. The van der Waals surface area contributed by atoms with Gasteiger partial charge in [0.25, 0.3) is 5.91 Å². The van der Waals surface area contributed by atoms with E-state index in [4.69, 9.17) is 14.2 Å². The Morgan fingerprint density at radius 3 is 2.52 bits per heavy atom. The summed E-state index contributed by atoms with van der Waals surface area (Å²) in [5.74, 6) is 1.42. The summed E-state index contributed by atoms with van der Waals surface area (Å²) in [6.07, 6.45) is -0.0790. The van der Waals surface area contributed by atoms with Gasteiger partial charge in [-0.2, -0.15) is 0 Å². The van der Waals surface area contributed by atoms with Crippen molar-refractivity contribution in [2.45, 2.75) is 24.2 Å². The molecule has 0 aliphatic carbocycles. The van der Waals surface area contributed by atoms with Gasteiger partial charge < -0.3 is 19.5 Å². The number of benzene rings is 2. The van der Waals surface area contributed by atoms with Crippen LogP contribution in [0.4, 0.5) is 0 Å². The lowest BCUT2D eigenvalue weighted by Crippen LogP contribution is -2.46. The number of fused-ring (bicyclic) bond motifs is 11. The second-order valence-electron chi connectivity index (χ2n) is 6.42. The van der Waals surface area contributed by atoms with Gasteiger partial charge in [0.15, 0.2) is 11.5 Å². The van der Waals surface area contributed by atoms with Gasteiger partial charge >= 0.3 is 0 Å². The van der Waals surface area contributed by atoms with Gasteiger partial charge in [0.05, 0.1) is 12.1 Å². The Morgan fingerprint density at radius 2 is 1.70 bits per heavy atom. The first-order chi connectivity index (χ1) is 11.3.